The highest BCUT2D eigenvalue weighted by atomic mass is 32.2. The Morgan fingerprint density at radius 1 is 1.04 bits per heavy atom. The monoisotopic (exact) mass is 415 g/mol. The van der Waals surface area contributed by atoms with Crippen molar-refractivity contribution in [3.05, 3.63) is 18.2 Å². The molecule has 0 aromatic heterocycles. The maximum atomic E-state index is 12.5. The number of nitrogens with zero attached hydrogens (tertiary/aromatic N) is 2. The molecule has 156 valence electrons. The van der Waals surface area contributed by atoms with Gasteiger partial charge < -0.3 is 24.0 Å². The van der Waals surface area contributed by atoms with Crippen LogP contribution in [0.5, 0.6) is 11.5 Å². The second kappa shape index (κ2) is 9.60. The van der Waals surface area contributed by atoms with Gasteiger partial charge in [0.25, 0.3) is 0 Å². The average molecular weight is 415 g/mol. The highest BCUT2D eigenvalue weighted by Gasteiger charge is 2.26. The smallest absolute Gasteiger partial charge is 0.409 e. The van der Waals surface area contributed by atoms with Crippen molar-refractivity contribution >= 4 is 22.0 Å². The topological polar surface area (TPSA) is 114 Å². The van der Waals surface area contributed by atoms with Gasteiger partial charge in [-0.05, 0) is 19.1 Å². The van der Waals surface area contributed by atoms with Crippen molar-refractivity contribution in [2.45, 2.75) is 11.8 Å². The van der Waals surface area contributed by atoms with E-state index in [1.54, 1.807) is 6.92 Å². The van der Waals surface area contributed by atoms with E-state index in [2.05, 4.69) is 4.72 Å². The fourth-order valence-electron chi connectivity index (χ4n) is 2.69. The van der Waals surface area contributed by atoms with Crippen LogP contribution >= 0.6 is 0 Å². The maximum Gasteiger partial charge on any atom is 0.409 e. The minimum Gasteiger partial charge on any atom is -0.493 e. The summed E-state index contributed by atoms with van der Waals surface area (Å²) in [4.78, 5) is 27.0. The van der Waals surface area contributed by atoms with Crippen LogP contribution in [0, 0.1) is 0 Å². The zero-order valence-corrected chi connectivity index (χ0v) is 17.0. The first-order valence-corrected chi connectivity index (χ1v) is 10.2. The van der Waals surface area contributed by atoms with E-state index >= 15 is 0 Å². The number of hydrogen-bond acceptors (Lipinski definition) is 7. The van der Waals surface area contributed by atoms with E-state index in [1.807, 2.05) is 0 Å². The fraction of sp³-hybridized carbons (Fsp3) is 0.529. The minimum absolute atomic E-state index is 0.0370. The Morgan fingerprint density at radius 3 is 2.21 bits per heavy atom. The first-order valence-electron chi connectivity index (χ1n) is 8.73. The molecular weight excluding hydrogens is 390 g/mol. The predicted octanol–water partition coefficient (Wildman–Crippen LogP) is 0.283. The van der Waals surface area contributed by atoms with Crippen molar-refractivity contribution in [2.24, 2.45) is 0 Å². The van der Waals surface area contributed by atoms with Crippen LogP contribution in [0.1, 0.15) is 6.92 Å². The number of rotatable bonds is 7. The molecule has 1 heterocycles. The molecule has 0 atom stereocenters. The van der Waals surface area contributed by atoms with Crippen molar-refractivity contribution in [3.8, 4) is 11.5 Å². The summed E-state index contributed by atoms with van der Waals surface area (Å²) >= 11 is 0. The van der Waals surface area contributed by atoms with Gasteiger partial charge in [-0.1, -0.05) is 0 Å². The Kier molecular flexibility index (Phi) is 7.46. The second-order valence-corrected chi connectivity index (χ2v) is 7.68. The van der Waals surface area contributed by atoms with Gasteiger partial charge >= 0.3 is 6.09 Å². The van der Waals surface area contributed by atoms with E-state index in [4.69, 9.17) is 14.2 Å². The Bertz CT molecular complexity index is 805. The lowest BCUT2D eigenvalue weighted by Crippen LogP contribution is -2.52. The molecule has 0 radical (unpaired) electrons. The molecule has 0 saturated carbocycles. The van der Waals surface area contributed by atoms with Gasteiger partial charge in [0.2, 0.25) is 15.9 Å². The molecule has 0 bridgehead atoms. The van der Waals surface area contributed by atoms with Crippen LogP contribution in [0.3, 0.4) is 0 Å². The number of nitrogens with one attached hydrogen (secondary N) is 1. The van der Waals surface area contributed by atoms with Crippen molar-refractivity contribution < 1.29 is 32.2 Å². The van der Waals surface area contributed by atoms with E-state index < -0.39 is 16.1 Å². The number of methoxy groups -OCH3 is 2. The normalized spacial score (nSPS) is 14.5. The lowest BCUT2D eigenvalue weighted by molar-refractivity contribution is -0.131. The third-order valence-electron chi connectivity index (χ3n) is 4.24. The van der Waals surface area contributed by atoms with Gasteiger partial charge in [-0.15, -0.1) is 0 Å². The number of carbonyl (C=O) groups excluding carboxylic acids is 2. The number of benzene rings is 1. The first-order chi connectivity index (χ1) is 13.3. The molecule has 11 heteroatoms. The van der Waals surface area contributed by atoms with Crippen molar-refractivity contribution in [2.75, 3.05) is 53.6 Å². The summed E-state index contributed by atoms with van der Waals surface area (Å²) in [6.07, 6.45) is -0.413. The minimum atomic E-state index is -3.90. The van der Waals surface area contributed by atoms with Crippen LogP contribution in [0.2, 0.25) is 0 Å². The summed E-state index contributed by atoms with van der Waals surface area (Å²) in [7, 11) is -1.05. The van der Waals surface area contributed by atoms with E-state index in [1.165, 1.54) is 42.2 Å². The summed E-state index contributed by atoms with van der Waals surface area (Å²) < 4.78 is 42.3. The number of amides is 2. The molecule has 10 nitrogen and oxygen atoms in total. The molecule has 0 unspecified atom stereocenters. The van der Waals surface area contributed by atoms with Crippen LogP contribution in [0.4, 0.5) is 4.79 Å². The number of hydrogen-bond donors (Lipinski definition) is 1. The van der Waals surface area contributed by atoms with Gasteiger partial charge in [-0.3, -0.25) is 4.79 Å². The molecule has 2 rings (SSSR count). The third-order valence-corrected chi connectivity index (χ3v) is 5.64. The van der Waals surface area contributed by atoms with Gasteiger partial charge in [0, 0.05) is 32.2 Å². The molecule has 0 spiro atoms. The summed E-state index contributed by atoms with van der Waals surface area (Å²) in [5, 5.41) is 0. The zero-order chi connectivity index (χ0) is 20.7. The quantitative estimate of drug-likeness (QED) is 0.680. The molecule has 1 N–H and O–H groups in total. The molecule has 1 aliphatic heterocycles. The van der Waals surface area contributed by atoms with Gasteiger partial charge in [0.05, 0.1) is 32.3 Å². The third kappa shape index (κ3) is 5.26. The summed E-state index contributed by atoms with van der Waals surface area (Å²) in [5.41, 5.74) is 0. The van der Waals surface area contributed by atoms with Crippen LogP contribution < -0.4 is 14.2 Å². The Hall–Kier alpha value is -2.53. The first kappa shape index (κ1) is 21.8. The number of piperazine rings is 1. The number of carbonyl (C=O) groups is 2. The molecule has 1 saturated heterocycles. The van der Waals surface area contributed by atoms with Crippen LogP contribution in [-0.4, -0.2) is 83.8 Å². The Morgan fingerprint density at radius 2 is 1.64 bits per heavy atom. The van der Waals surface area contributed by atoms with E-state index in [-0.39, 0.29) is 29.7 Å². The zero-order valence-electron chi connectivity index (χ0n) is 16.1. The van der Waals surface area contributed by atoms with Gasteiger partial charge in [-0.2, -0.15) is 0 Å². The molecule has 1 aromatic carbocycles. The summed E-state index contributed by atoms with van der Waals surface area (Å²) in [5.74, 6) is 0.302. The van der Waals surface area contributed by atoms with E-state index in [0.29, 0.717) is 31.9 Å². The fourth-order valence-corrected chi connectivity index (χ4v) is 3.68. The predicted molar refractivity (Wildman–Crippen MR) is 99.9 cm³/mol. The summed E-state index contributed by atoms with van der Waals surface area (Å²) in [6.45, 7) is 2.94. The van der Waals surface area contributed by atoms with Crippen LogP contribution in [0.25, 0.3) is 0 Å². The average Bonchev–Trinajstić information content (AvgIpc) is 2.71. The highest BCUT2D eigenvalue weighted by Crippen LogP contribution is 2.29. The van der Waals surface area contributed by atoms with E-state index in [0.717, 1.165) is 0 Å². The molecule has 28 heavy (non-hydrogen) atoms. The van der Waals surface area contributed by atoms with Crippen molar-refractivity contribution in [3.63, 3.8) is 0 Å². The molecular formula is C17H25N3O7S. The number of sulfonamides is 1. The van der Waals surface area contributed by atoms with Crippen molar-refractivity contribution in [1.82, 2.24) is 14.5 Å². The lowest BCUT2D eigenvalue weighted by Gasteiger charge is -2.34. The Labute approximate surface area is 164 Å². The molecule has 1 aliphatic rings. The molecule has 0 aliphatic carbocycles. The van der Waals surface area contributed by atoms with Crippen LogP contribution in [-0.2, 0) is 19.6 Å². The Balaban J connectivity index is 1.92. The molecule has 2 amide bonds. The SMILES string of the molecule is CCOC(=O)N1CCN(C(=O)CNS(=O)(=O)c2ccc(OC)c(OC)c2)CC1. The highest BCUT2D eigenvalue weighted by molar-refractivity contribution is 7.89. The summed E-state index contributed by atoms with van der Waals surface area (Å²) in [6, 6.07) is 4.17. The van der Waals surface area contributed by atoms with Gasteiger partial charge in [0.1, 0.15) is 0 Å². The number of ether oxygens (including phenoxy) is 3. The lowest BCUT2D eigenvalue weighted by atomic mass is 10.3. The van der Waals surface area contributed by atoms with Gasteiger partial charge in [-0.25, -0.2) is 17.9 Å². The molecule has 1 fully saturated rings. The van der Waals surface area contributed by atoms with Gasteiger partial charge in [0.15, 0.2) is 11.5 Å². The second-order valence-electron chi connectivity index (χ2n) is 5.91. The van der Waals surface area contributed by atoms with Crippen molar-refractivity contribution in [1.29, 1.82) is 0 Å². The largest absolute Gasteiger partial charge is 0.493 e. The standard InChI is InChI=1S/C17H25N3O7S/c1-4-27-17(22)20-9-7-19(8-10-20)16(21)12-18-28(23,24)13-5-6-14(25-2)15(11-13)26-3/h5-6,11,18H,4,7-10,12H2,1-3H3. The van der Waals surface area contributed by atoms with E-state index in [9.17, 15) is 18.0 Å². The maximum absolute atomic E-state index is 12.5. The van der Waals surface area contributed by atoms with Crippen LogP contribution in [0.15, 0.2) is 23.1 Å². The molecule has 1 aromatic rings.